The molecule has 0 heterocycles. The lowest BCUT2D eigenvalue weighted by Gasteiger charge is -2.64. The van der Waals surface area contributed by atoms with Crippen molar-refractivity contribution in [2.24, 2.45) is 40.4 Å². The molecule has 0 unspecified atom stereocenters. The molecule has 190 valence electrons. The topological polar surface area (TPSA) is 46.5 Å². The van der Waals surface area contributed by atoms with Gasteiger partial charge in [-0.1, -0.05) is 75.2 Å². The molecule has 0 radical (unpaired) electrons. The molecule has 4 saturated carbocycles. The minimum atomic E-state index is -0.836. The first-order valence-corrected chi connectivity index (χ1v) is 15.0. The Morgan fingerprint density at radius 1 is 0.970 bits per heavy atom. The highest BCUT2D eigenvalue weighted by atomic mass is 79.9. The predicted molar refractivity (Wildman–Crippen MR) is 138 cm³/mol. The summed E-state index contributed by atoms with van der Waals surface area (Å²) in [5.41, 5.74) is 0.600. The van der Waals surface area contributed by atoms with Crippen molar-refractivity contribution in [2.45, 2.75) is 135 Å². The van der Waals surface area contributed by atoms with Crippen molar-refractivity contribution in [2.75, 3.05) is 0 Å². The van der Waals surface area contributed by atoms with Crippen LogP contribution in [0.3, 0.4) is 0 Å². The van der Waals surface area contributed by atoms with Gasteiger partial charge in [0.25, 0.3) is 0 Å². The number of hydrogen-bond donors (Lipinski definition) is 1. The summed E-state index contributed by atoms with van der Waals surface area (Å²) < 4.78 is 4.78. The third kappa shape index (κ3) is 4.95. The van der Waals surface area contributed by atoms with Crippen molar-refractivity contribution in [3.05, 3.63) is 0 Å². The molecule has 0 aromatic heterocycles. The molecule has 9 atom stereocenters. The zero-order valence-corrected chi connectivity index (χ0v) is 23.3. The maximum absolute atomic E-state index is 11.7. The Balaban J connectivity index is 1.44. The van der Waals surface area contributed by atoms with Crippen LogP contribution < -0.4 is 0 Å². The molecule has 4 rings (SSSR count). The molecule has 0 spiro atoms. The third-order valence-electron chi connectivity index (χ3n) is 11.1. The highest BCUT2D eigenvalue weighted by molar-refractivity contribution is 9.10. The maximum Gasteiger partial charge on any atom is 0.302 e. The summed E-state index contributed by atoms with van der Waals surface area (Å²) >= 11 is 3.84. The standard InChI is InChI=1S/C29H49BrO3/c1-5-6-7-8-9-10-11-21-12-13-24-23-19-29(30,32)26-18-22(33-20(2)31)14-16-28(26,4)25(23)15-17-27(21,24)3/h21-26,32H,5-19H2,1-4H3/t21-,22-,23-,24-,25-,26-,27+,28+,29-/m0/s1. The maximum atomic E-state index is 11.7. The van der Waals surface area contributed by atoms with Gasteiger partial charge >= 0.3 is 5.97 Å². The molecule has 0 saturated heterocycles. The zero-order chi connectivity index (χ0) is 23.9. The number of carbonyl (C=O) groups is 1. The van der Waals surface area contributed by atoms with E-state index in [2.05, 4.69) is 36.7 Å². The molecule has 3 nitrogen and oxygen atoms in total. The van der Waals surface area contributed by atoms with Crippen molar-refractivity contribution in [3.63, 3.8) is 0 Å². The Hall–Kier alpha value is -0.0900. The number of fused-ring (bicyclic) bond motifs is 5. The molecular weight excluding hydrogens is 476 g/mol. The summed E-state index contributed by atoms with van der Waals surface area (Å²) in [7, 11) is 0. The number of rotatable bonds is 8. The molecule has 4 heteroatoms. The second-order valence-corrected chi connectivity index (χ2v) is 14.2. The van der Waals surface area contributed by atoms with E-state index >= 15 is 0 Å². The van der Waals surface area contributed by atoms with E-state index in [0.29, 0.717) is 17.3 Å². The number of carbonyl (C=O) groups excluding carboxylic acids is 1. The molecule has 0 aromatic carbocycles. The van der Waals surface area contributed by atoms with Crippen molar-refractivity contribution >= 4 is 21.9 Å². The molecule has 0 bridgehead atoms. The van der Waals surface area contributed by atoms with Crippen LogP contribution in [0.1, 0.15) is 124 Å². The van der Waals surface area contributed by atoms with Crippen LogP contribution in [0.4, 0.5) is 0 Å². The minimum Gasteiger partial charge on any atom is -0.463 e. The van der Waals surface area contributed by atoms with E-state index in [9.17, 15) is 9.90 Å². The molecule has 0 aliphatic heterocycles. The van der Waals surface area contributed by atoms with E-state index in [1.54, 1.807) is 0 Å². The summed E-state index contributed by atoms with van der Waals surface area (Å²) in [5, 5.41) is 11.7. The van der Waals surface area contributed by atoms with E-state index in [-0.39, 0.29) is 23.4 Å². The van der Waals surface area contributed by atoms with Crippen LogP contribution >= 0.6 is 15.9 Å². The average Bonchev–Trinajstić information content (AvgIpc) is 3.08. The number of aliphatic hydroxyl groups is 1. The van der Waals surface area contributed by atoms with Gasteiger partial charge in [0, 0.05) is 12.8 Å². The fourth-order valence-corrected chi connectivity index (χ4v) is 10.5. The largest absolute Gasteiger partial charge is 0.463 e. The summed E-state index contributed by atoms with van der Waals surface area (Å²) in [6.45, 7) is 8.87. The second kappa shape index (κ2) is 10.1. The van der Waals surface area contributed by atoms with Crippen molar-refractivity contribution < 1.29 is 14.6 Å². The molecule has 1 N–H and O–H groups in total. The SMILES string of the molecule is CCCCCCCC[C@H]1CC[C@H]2[C@@H]3C[C@@](O)(Br)[C@H]4C[C@@H](OC(C)=O)CC[C@]4(C)[C@H]3CC[C@]12C. The summed E-state index contributed by atoms with van der Waals surface area (Å²) in [6.07, 6.45) is 18.9. The fourth-order valence-electron chi connectivity index (χ4n) is 9.39. The first-order valence-electron chi connectivity index (χ1n) is 14.2. The first-order chi connectivity index (χ1) is 15.6. The third-order valence-corrected chi connectivity index (χ3v) is 12.0. The Morgan fingerprint density at radius 3 is 2.36 bits per heavy atom. The van der Waals surface area contributed by atoms with Crippen LogP contribution in [0.2, 0.25) is 0 Å². The van der Waals surface area contributed by atoms with Gasteiger partial charge < -0.3 is 9.84 Å². The second-order valence-electron chi connectivity index (χ2n) is 12.8. The minimum absolute atomic E-state index is 0.0387. The molecule has 0 aromatic rings. The lowest BCUT2D eigenvalue weighted by Crippen LogP contribution is -2.61. The number of hydrogen-bond acceptors (Lipinski definition) is 3. The van der Waals surface area contributed by atoms with Crippen LogP contribution in [-0.4, -0.2) is 21.7 Å². The predicted octanol–water partition coefficient (Wildman–Crippen LogP) is 8.02. The molecule has 4 aliphatic rings. The highest BCUT2D eigenvalue weighted by Crippen LogP contribution is 2.70. The Kier molecular flexibility index (Phi) is 7.96. The normalized spacial score (nSPS) is 46.8. The Bertz CT molecular complexity index is 692. The van der Waals surface area contributed by atoms with Gasteiger partial charge in [0.1, 0.15) is 10.6 Å². The van der Waals surface area contributed by atoms with Gasteiger partial charge in [-0.2, -0.15) is 0 Å². The van der Waals surface area contributed by atoms with Gasteiger partial charge in [0.2, 0.25) is 0 Å². The quantitative estimate of drug-likeness (QED) is 0.198. The number of esters is 1. The fraction of sp³-hybridized carbons (Fsp3) is 0.966. The number of alkyl halides is 1. The number of ether oxygens (including phenoxy) is 1. The zero-order valence-electron chi connectivity index (χ0n) is 21.7. The molecule has 33 heavy (non-hydrogen) atoms. The summed E-state index contributed by atoms with van der Waals surface area (Å²) in [4.78, 5) is 11.6. The van der Waals surface area contributed by atoms with Crippen LogP contribution in [0.15, 0.2) is 0 Å². The Labute approximate surface area is 211 Å². The molecule has 4 aliphatic carbocycles. The lowest BCUT2D eigenvalue weighted by molar-refractivity contribution is -0.189. The van der Waals surface area contributed by atoms with Crippen LogP contribution in [0.5, 0.6) is 0 Å². The van der Waals surface area contributed by atoms with E-state index < -0.39 is 4.51 Å². The molecular formula is C29H49BrO3. The molecule has 4 fully saturated rings. The van der Waals surface area contributed by atoms with Crippen molar-refractivity contribution in [1.82, 2.24) is 0 Å². The first kappa shape index (κ1) is 26.0. The van der Waals surface area contributed by atoms with Gasteiger partial charge in [-0.3, -0.25) is 4.79 Å². The van der Waals surface area contributed by atoms with Gasteiger partial charge in [-0.15, -0.1) is 0 Å². The molecule has 0 amide bonds. The van der Waals surface area contributed by atoms with Crippen molar-refractivity contribution in [1.29, 1.82) is 0 Å². The van der Waals surface area contributed by atoms with Crippen molar-refractivity contribution in [3.8, 4) is 0 Å². The van der Waals surface area contributed by atoms with E-state index in [1.807, 2.05) is 0 Å². The van der Waals surface area contributed by atoms with Gasteiger partial charge in [-0.25, -0.2) is 0 Å². The summed E-state index contributed by atoms with van der Waals surface area (Å²) in [5.74, 6) is 2.93. The van der Waals surface area contributed by atoms with Gasteiger partial charge in [0.05, 0.1) is 0 Å². The lowest BCUT2D eigenvalue weighted by atomic mass is 9.44. The van der Waals surface area contributed by atoms with Crippen LogP contribution in [-0.2, 0) is 9.53 Å². The number of unbranched alkanes of at least 4 members (excludes halogenated alkanes) is 5. The average molecular weight is 526 g/mol. The van der Waals surface area contributed by atoms with E-state index in [0.717, 1.165) is 37.5 Å². The van der Waals surface area contributed by atoms with E-state index in [4.69, 9.17) is 4.74 Å². The van der Waals surface area contributed by atoms with Gasteiger partial charge in [-0.05, 0) is 92.3 Å². The van der Waals surface area contributed by atoms with Crippen LogP contribution in [0, 0.1) is 40.4 Å². The summed E-state index contributed by atoms with van der Waals surface area (Å²) in [6, 6.07) is 0. The highest BCUT2D eigenvalue weighted by Gasteiger charge is 2.65. The van der Waals surface area contributed by atoms with Crippen LogP contribution in [0.25, 0.3) is 0 Å². The Morgan fingerprint density at radius 2 is 1.64 bits per heavy atom. The smallest absolute Gasteiger partial charge is 0.302 e. The number of halogens is 1. The van der Waals surface area contributed by atoms with E-state index in [1.165, 1.54) is 77.6 Å². The van der Waals surface area contributed by atoms with Gasteiger partial charge in [0.15, 0.2) is 0 Å². The monoisotopic (exact) mass is 524 g/mol.